The zero-order valence-corrected chi connectivity index (χ0v) is 17.9. The van der Waals surface area contributed by atoms with Crippen LogP contribution in [0.15, 0.2) is 65.1 Å². The summed E-state index contributed by atoms with van der Waals surface area (Å²) in [6, 6.07) is 17.6. The Balaban J connectivity index is 1.53. The van der Waals surface area contributed by atoms with Crippen molar-refractivity contribution in [1.29, 1.82) is 0 Å². The highest BCUT2D eigenvalue weighted by Gasteiger charge is 2.13. The number of aromatic amines is 1. The van der Waals surface area contributed by atoms with Gasteiger partial charge in [0.25, 0.3) is 0 Å². The van der Waals surface area contributed by atoms with Gasteiger partial charge in [0.05, 0.1) is 16.6 Å². The molecule has 152 valence electrons. The van der Waals surface area contributed by atoms with Gasteiger partial charge in [-0.3, -0.25) is 0 Å². The first-order valence-corrected chi connectivity index (χ1v) is 10.2. The Morgan fingerprint density at radius 1 is 1.00 bits per heavy atom. The molecule has 6 nitrogen and oxygen atoms in total. The van der Waals surface area contributed by atoms with Crippen LogP contribution in [0.4, 0.5) is 0 Å². The van der Waals surface area contributed by atoms with Crippen molar-refractivity contribution in [2.24, 2.45) is 0 Å². The van der Waals surface area contributed by atoms with Crippen LogP contribution >= 0.6 is 27.5 Å². The fourth-order valence-electron chi connectivity index (χ4n) is 2.86. The maximum Gasteiger partial charge on any atom is 0.335 e. The molecule has 0 saturated carbocycles. The van der Waals surface area contributed by atoms with Crippen molar-refractivity contribution in [2.45, 2.75) is 13.2 Å². The Labute approximate surface area is 185 Å². The standard InChI is InChI=1S/C22H16BrClN2O4/c23-15-4-1-13(2-5-15)11-29-20-9-14(22(27)28)3-8-19(20)30-12-21-25-17-7-6-16(24)10-18(17)26-21/h1-10H,11-12H2,(H,25,26)(H,27,28). The summed E-state index contributed by atoms with van der Waals surface area (Å²) in [5.74, 6) is 0.352. The second kappa shape index (κ2) is 8.77. The number of fused-ring (bicyclic) bond motifs is 1. The van der Waals surface area contributed by atoms with E-state index in [1.54, 1.807) is 18.2 Å². The number of aromatic nitrogens is 2. The molecule has 0 bridgehead atoms. The predicted octanol–water partition coefficient (Wildman–Crippen LogP) is 5.84. The Hall–Kier alpha value is -3.03. The molecule has 0 spiro atoms. The van der Waals surface area contributed by atoms with Crippen molar-refractivity contribution >= 4 is 44.5 Å². The molecule has 0 atom stereocenters. The van der Waals surface area contributed by atoms with Gasteiger partial charge in [-0.1, -0.05) is 39.7 Å². The van der Waals surface area contributed by atoms with Crippen molar-refractivity contribution in [1.82, 2.24) is 9.97 Å². The van der Waals surface area contributed by atoms with E-state index >= 15 is 0 Å². The topological polar surface area (TPSA) is 84.4 Å². The Bertz CT molecular complexity index is 1210. The number of imidazole rings is 1. The number of benzene rings is 3. The monoisotopic (exact) mass is 486 g/mol. The third kappa shape index (κ3) is 4.75. The number of aromatic carboxylic acids is 1. The van der Waals surface area contributed by atoms with Crippen molar-refractivity contribution in [3.63, 3.8) is 0 Å². The number of nitrogens with one attached hydrogen (secondary N) is 1. The Kier molecular flexibility index (Phi) is 5.92. The lowest BCUT2D eigenvalue weighted by atomic mass is 10.2. The molecule has 0 amide bonds. The van der Waals surface area contributed by atoms with Gasteiger partial charge in [-0.2, -0.15) is 0 Å². The highest BCUT2D eigenvalue weighted by atomic mass is 79.9. The minimum absolute atomic E-state index is 0.117. The molecule has 0 radical (unpaired) electrons. The van der Waals surface area contributed by atoms with Crippen molar-refractivity contribution in [3.8, 4) is 11.5 Å². The van der Waals surface area contributed by atoms with E-state index in [1.165, 1.54) is 12.1 Å². The molecule has 1 aromatic heterocycles. The van der Waals surface area contributed by atoms with E-state index in [-0.39, 0.29) is 18.8 Å². The van der Waals surface area contributed by atoms with E-state index < -0.39 is 5.97 Å². The van der Waals surface area contributed by atoms with Gasteiger partial charge in [0.2, 0.25) is 0 Å². The molecule has 1 heterocycles. The number of carbonyl (C=O) groups is 1. The number of carboxylic acid groups (broad SMARTS) is 1. The molecule has 0 aliphatic carbocycles. The average Bonchev–Trinajstić information content (AvgIpc) is 3.14. The highest BCUT2D eigenvalue weighted by molar-refractivity contribution is 9.10. The zero-order chi connectivity index (χ0) is 21.1. The van der Waals surface area contributed by atoms with Gasteiger partial charge < -0.3 is 19.6 Å². The van der Waals surface area contributed by atoms with Crippen molar-refractivity contribution in [3.05, 3.63) is 87.1 Å². The van der Waals surface area contributed by atoms with Gasteiger partial charge in [0, 0.05) is 9.50 Å². The third-order valence-corrected chi connectivity index (χ3v) is 5.12. The minimum atomic E-state index is -1.04. The second-order valence-corrected chi connectivity index (χ2v) is 7.87. The summed E-state index contributed by atoms with van der Waals surface area (Å²) in [6.45, 7) is 0.434. The highest BCUT2D eigenvalue weighted by Crippen LogP contribution is 2.30. The first-order valence-electron chi connectivity index (χ1n) is 8.99. The lowest BCUT2D eigenvalue weighted by Gasteiger charge is -2.13. The van der Waals surface area contributed by atoms with Crippen LogP contribution in [0.25, 0.3) is 11.0 Å². The largest absolute Gasteiger partial charge is 0.485 e. The molecule has 0 aliphatic heterocycles. The summed E-state index contributed by atoms with van der Waals surface area (Å²) in [4.78, 5) is 19.0. The zero-order valence-electron chi connectivity index (χ0n) is 15.6. The SMILES string of the molecule is O=C(O)c1ccc(OCc2nc3ccc(Cl)cc3[nH]2)c(OCc2ccc(Br)cc2)c1. The molecule has 0 aliphatic rings. The van der Waals surface area contributed by atoms with Crippen LogP contribution in [0.3, 0.4) is 0 Å². The van der Waals surface area contributed by atoms with Gasteiger partial charge >= 0.3 is 5.97 Å². The molecule has 3 aromatic carbocycles. The number of rotatable bonds is 7. The first kappa shape index (κ1) is 20.3. The van der Waals surface area contributed by atoms with Crippen LogP contribution in [0.2, 0.25) is 5.02 Å². The number of halogens is 2. The minimum Gasteiger partial charge on any atom is -0.485 e. The molecular weight excluding hydrogens is 472 g/mol. The lowest BCUT2D eigenvalue weighted by Crippen LogP contribution is -2.04. The maximum absolute atomic E-state index is 11.4. The Morgan fingerprint density at radius 2 is 1.77 bits per heavy atom. The van der Waals surface area contributed by atoms with Crippen molar-refractivity contribution < 1.29 is 19.4 Å². The van der Waals surface area contributed by atoms with Gasteiger partial charge in [-0.05, 0) is 54.1 Å². The number of carboxylic acids is 1. The molecule has 8 heteroatoms. The predicted molar refractivity (Wildman–Crippen MR) is 117 cm³/mol. The van der Waals surface area contributed by atoms with E-state index in [9.17, 15) is 9.90 Å². The molecule has 4 rings (SSSR count). The van der Waals surface area contributed by atoms with Crippen molar-refractivity contribution in [2.75, 3.05) is 0 Å². The third-order valence-electron chi connectivity index (χ3n) is 4.36. The van der Waals surface area contributed by atoms with Crippen LogP contribution in [-0.4, -0.2) is 21.0 Å². The van der Waals surface area contributed by atoms with Crippen LogP contribution in [0.5, 0.6) is 11.5 Å². The van der Waals surface area contributed by atoms with E-state index in [4.69, 9.17) is 21.1 Å². The van der Waals surface area contributed by atoms with Crippen LogP contribution < -0.4 is 9.47 Å². The number of hydrogen-bond acceptors (Lipinski definition) is 4. The number of ether oxygens (including phenoxy) is 2. The smallest absolute Gasteiger partial charge is 0.335 e. The molecule has 0 fully saturated rings. The summed E-state index contributed by atoms with van der Waals surface area (Å²) in [6.07, 6.45) is 0. The van der Waals surface area contributed by atoms with E-state index in [1.807, 2.05) is 30.3 Å². The number of hydrogen-bond donors (Lipinski definition) is 2. The summed E-state index contributed by atoms with van der Waals surface area (Å²) < 4.78 is 12.7. The van der Waals surface area contributed by atoms with E-state index in [0.29, 0.717) is 22.3 Å². The molecule has 0 unspecified atom stereocenters. The van der Waals surface area contributed by atoms with Crippen LogP contribution in [0.1, 0.15) is 21.7 Å². The molecule has 4 aromatic rings. The quantitative estimate of drug-likeness (QED) is 0.342. The summed E-state index contributed by atoms with van der Waals surface area (Å²) >= 11 is 9.41. The van der Waals surface area contributed by atoms with Gasteiger partial charge in [0.1, 0.15) is 19.0 Å². The Morgan fingerprint density at radius 3 is 2.53 bits per heavy atom. The van der Waals surface area contributed by atoms with Crippen LogP contribution in [-0.2, 0) is 13.2 Å². The fraction of sp³-hybridized carbons (Fsp3) is 0.0909. The van der Waals surface area contributed by atoms with Crippen LogP contribution in [0, 0.1) is 0 Å². The van der Waals surface area contributed by atoms with E-state index in [2.05, 4.69) is 25.9 Å². The number of H-pyrrole nitrogens is 1. The van der Waals surface area contributed by atoms with Gasteiger partial charge in [-0.15, -0.1) is 0 Å². The fourth-order valence-corrected chi connectivity index (χ4v) is 3.30. The second-order valence-electron chi connectivity index (χ2n) is 6.52. The van der Waals surface area contributed by atoms with E-state index in [0.717, 1.165) is 21.1 Å². The molecule has 30 heavy (non-hydrogen) atoms. The first-order chi connectivity index (χ1) is 14.5. The molecule has 2 N–H and O–H groups in total. The average molecular weight is 488 g/mol. The normalized spacial score (nSPS) is 10.9. The van der Waals surface area contributed by atoms with Gasteiger partial charge in [0.15, 0.2) is 11.5 Å². The summed E-state index contributed by atoms with van der Waals surface area (Å²) in [5, 5.41) is 9.92. The molecule has 0 saturated heterocycles. The number of nitrogens with zero attached hydrogens (tertiary/aromatic N) is 1. The summed E-state index contributed by atoms with van der Waals surface area (Å²) in [5.41, 5.74) is 2.66. The lowest BCUT2D eigenvalue weighted by molar-refractivity contribution is 0.0696. The summed E-state index contributed by atoms with van der Waals surface area (Å²) in [7, 11) is 0. The maximum atomic E-state index is 11.4. The van der Waals surface area contributed by atoms with Gasteiger partial charge in [-0.25, -0.2) is 9.78 Å². The molecular formula is C22H16BrClN2O4.